The lowest BCUT2D eigenvalue weighted by atomic mass is 9.56. The van der Waals surface area contributed by atoms with Crippen LogP contribution in [-0.2, 0) is 19.2 Å². The molecule has 40 heavy (non-hydrogen) atoms. The van der Waals surface area contributed by atoms with Gasteiger partial charge in [-0.3, -0.25) is 33.8 Å². The van der Waals surface area contributed by atoms with Crippen LogP contribution in [0.5, 0.6) is 5.75 Å². The van der Waals surface area contributed by atoms with Crippen molar-refractivity contribution >= 4 is 69.9 Å². The Bertz CT molecular complexity index is 1570. The Morgan fingerprint density at radius 2 is 1.65 bits per heavy atom. The molecule has 2 saturated heterocycles. The number of anilines is 1. The van der Waals surface area contributed by atoms with Crippen molar-refractivity contribution in [2.24, 2.45) is 17.8 Å². The first-order valence-corrected chi connectivity index (χ1v) is 13.8. The molecule has 4 amide bonds. The number of fused-ring (bicyclic) bond motifs is 4. The van der Waals surface area contributed by atoms with Crippen molar-refractivity contribution in [3.8, 4) is 5.75 Å². The molecule has 206 valence electrons. The number of rotatable bonds is 3. The molecule has 0 aromatic heterocycles. The third-order valence-electron chi connectivity index (χ3n) is 8.84. The van der Waals surface area contributed by atoms with E-state index in [9.17, 15) is 29.1 Å². The van der Waals surface area contributed by atoms with Crippen LogP contribution in [0.3, 0.4) is 0 Å². The smallest absolute Gasteiger partial charge is 0.253 e. The van der Waals surface area contributed by atoms with Gasteiger partial charge >= 0.3 is 0 Å². The predicted molar refractivity (Wildman–Crippen MR) is 148 cm³/mol. The molecule has 0 spiro atoms. The predicted octanol–water partition coefficient (Wildman–Crippen LogP) is 4.44. The largest absolute Gasteiger partial charge is 0.508 e. The number of halogens is 3. The third-order valence-corrected chi connectivity index (χ3v) is 10.6. The van der Waals surface area contributed by atoms with E-state index in [-0.39, 0.29) is 29.4 Å². The number of hydrogen-bond acceptors (Lipinski definition) is 6. The standard InChI is InChI=1S/C29H23Cl3N2O6/c1-13(35)14-3-5-15(6-4-14)34-24(37)19-10-9-17-20(22(19)25(34)38)12-28(31)26(39)33(2)27(40)29(28,32)23(17)18-8-7-16(36)11-21(18)30/h3-9,11,19-20,22-23,36H,10,12H2,1-2H3. The molecule has 3 fully saturated rings. The second-order valence-electron chi connectivity index (χ2n) is 10.8. The molecule has 2 aliphatic heterocycles. The molecule has 2 aromatic rings. The number of likely N-dealkylation sites (tertiary alicyclic amines) is 1. The average molecular weight is 602 g/mol. The highest BCUT2D eigenvalue weighted by Gasteiger charge is 2.76. The number of aromatic hydroxyl groups is 1. The summed E-state index contributed by atoms with van der Waals surface area (Å²) in [4.78, 5) is 64.5. The molecule has 2 aromatic carbocycles. The summed E-state index contributed by atoms with van der Waals surface area (Å²) in [6.07, 6.45) is 1.88. The number of amides is 4. The first kappa shape index (κ1) is 27.0. The number of imide groups is 2. The van der Waals surface area contributed by atoms with Crippen LogP contribution in [0.4, 0.5) is 5.69 Å². The summed E-state index contributed by atoms with van der Waals surface area (Å²) in [5.74, 6) is -5.75. The second-order valence-corrected chi connectivity index (χ2v) is 12.5. The Morgan fingerprint density at radius 3 is 2.27 bits per heavy atom. The third kappa shape index (κ3) is 3.36. The molecule has 0 radical (unpaired) electrons. The van der Waals surface area contributed by atoms with Crippen LogP contribution in [0.1, 0.15) is 41.6 Å². The van der Waals surface area contributed by atoms with Gasteiger partial charge in [0.15, 0.2) is 15.5 Å². The molecule has 1 N–H and O–H groups in total. The molecule has 8 nitrogen and oxygen atoms in total. The highest BCUT2D eigenvalue weighted by atomic mass is 35.5. The number of carbonyl (C=O) groups is 5. The minimum Gasteiger partial charge on any atom is -0.508 e. The van der Waals surface area contributed by atoms with Gasteiger partial charge in [0.1, 0.15) is 5.75 Å². The lowest BCUT2D eigenvalue weighted by molar-refractivity contribution is -0.138. The molecular formula is C29H23Cl3N2O6. The van der Waals surface area contributed by atoms with Crippen LogP contribution >= 0.6 is 34.8 Å². The Hall–Kier alpha value is -3.20. The molecular weight excluding hydrogens is 579 g/mol. The molecule has 2 heterocycles. The fourth-order valence-electron chi connectivity index (χ4n) is 6.94. The maximum atomic E-state index is 14.0. The van der Waals surface area contributed by atoms with Crippen LogP contribution in [0.25, 0.3) is 0 Å². The van der Waals surface area contributed by atoms with Gasteiger partial charge in [-0.25, -0.2) is 0 Å². The maximum absolute atomic E-state index is 14.0. The number of ketones is 1. The summed E-state index contributed by atoms with van der Waals surface area (Å²) in [6.45, 7) is 1.42. The van der Waals surface area contributed by atoms with E-state index in [1.807, 2.05) is 6.08 Å². The van der Waals surface area contributed by atoms with Crippen LogP contribution in [-0.4, -0.2) is 56.2 Å². The van der Waals surface area contributed by atoms with Crippen molar-refractivity contribution < 1.29 is 29.1 Å². The van der Waals surface area contributed by atoms with Crippen LogP contribution < -0.4 is 4.90 Å². The van der Waals surface area contributed by atoms with Crippen LogP contribution in [0.2, 0.25) is 5.02 Å². The quantitative estimate of drug-likeness (QED) is 0.241. The van der Waals surface area contributed by atoms with Crippen molar-refractivity contribution in [1.82, 2.24) is 4.90 Å². The monoisotopic (exact) mass is 600 g/mol. The fraction of sp³-hybridized carbons (Fsp3) is 0.345. The Kier molecular flexibility index (Phi) is 6.01. The topological polar surface area (TPSA) is 112 Å². The van der Waals surface area contributed by atoms with E-state index < -0.39 is 57.0 Å². The highest BCUT2D eigenvalue weighted by Crippen LogP contribution is 2.66. The summed E-state index contributed by atoms with van der Waals surface area (Å²) in [6, 6.07) is 10.5. The van der Waals surface area contributed by atoms with E-state index >= 15 is 0 Å². The van der Waals surface area contributed by atoms with Gasteiger partial charge in [-0.1, -0.05) is 29.3 Å². The second kappa shape index (κ2) is 8.90. The lowest BCUT2D eigenvalue weighted by Crippen LogP contribution is -2.60. The number of carbonyl (C=O) groups excluding carboxylic acids is 5. The van der Waals surface area contributed by atoms with E-state index in [1.54, 1.807) is 24.3 Å². The molecule has 11 heteroatoms. The fourth-order valence-corrected chi connectivity index (χ4v) is 8.23. The zero-order chi connectivity index (χ0) is 28.9. The first-order chi connectivity index (χ1) is 18.8. The number of hydrogen-bond donors (Lipinski definition) is 1. The maximum Gasteiger partial charge on any atom is 0.253 e. The molecule has 4 aliphatic rings. The SMILES string of the molecule is CC(=O)c1ccc(N2C(=O)C3CC=C4C(CC5(Cl)C(=O)N(C)C(=O)C5(Cl)C4c4ccc(O)cc4Cl)C3C2=O)cc1. The van der Waals surface area contributed by atoms with Gasteiger partial charge in [-0.2, -0.15) is 0 Å². The van der Waals surface area contributed by atoms with Gasteiger partial charge in [0, 0.05) is 23.6 Å². The van der Waals surface area contributed by atoms with Crippen molar-refractivity contribution in [3.63, 3.8) is 0 Å². The van der Waals surface area contributed by atoms with Crippen LogP contribution in [0.15, 0.2) is 54.1 Å². The van der Waals surface area contributed by atoms with Crippen molar-refractivity contribution in [2.75, 3.05) is 11.9 Å². The molecule has 6 rings (SSSR count). The van der Waals surface area contributed by atoms with E-state index in [0.29, 0.717) is 22.4 Å². The molecule has 2 aliphatic carbocycles. The summed E-state index contributed by atoms with van der Waals surface area (Å²) in [7, 11) is 1.31. The van der Waals surface area contributed by atoms with E-state index in [4.69, 9.17) is 34.8 Å². The Labute approximate surface area is 244 Å². The van der Waals surface area contributed by atoms with Crippen LogP contribution in [0, 0.1) is 17.8 Å². The summed E-state index contributed by atoms with van der Waals surface area (Å²) < 4.78 is 0. The minimum absolute atomic E-state index is 0.103. The number of phenolic OH excluding ortho intramolecular Hbond substituents is 1. The molecule has 0 bridgehead atoms. The van der Waals surface area contributed by atoms with E-state index in [2.05, 4.69) is 0 Å². The lowest BCUT2D eigenvalue weighted by Gasteiger charge is -2.51. The van der Waals surface area contributed by atoms with Crippen molar-refractivity contribution in [2.45, 2.75) is 35.4 Å². The highest BCUT2D eigenvalue weighted by molar-refractivity contribution is 6.53. The van der Waals surface area contributed by atoms with Gasteiger partial charge < -0.3 is 5.11 Å². The van der Waals surface area contributed by atoms with E-state index in [1.165, 1.54) is 32.2 Å². The normalized spacial score (nSPS) is 33.1. The molecule has 6 unspecified atom stereocenters. The molecule has 6 atom stereocenters. The van der Waals surface area contributed by atoms with Crippen molar-refractivity contribution in [1.29, 1.82) is 0 Å². The van der Waals surface area contributed by atoms with Gasteiger partial charge in [-0.15, -0.1) is 23.2 Å². The Balaban J connectivity index is 1.49. The number of benzene rings is 2. The van der Waals surface area contributed by atoms with Gasteiger partial charge in [0.25, 0.3) is 11.8 Å². The van der Waals surface area contributed by atoms with E-state index in [0.717, 1.165) is 9.80 Å². The molecule has 1 saturated carbocycles. The summed E-state index contributed by atoms with van der Waals surface area (Å²) in [5, 5.41) is 10.1. The van der Waals surface area contributed by atoms with Gasteiger partial charge in [-0.05, 0) is 67.6 Å². The number of allylic oxidation sites excluding steroid dienone is 2. The first-order valence-electron chi connectivity index (χ1n) is 12.7. The zero-order valence-electron chi connectivity index (χ0n) is 21.4. The number of Topliss-reactive ketones (excluding diaryl/α,β-unsaturated/α-hetero) is 1. The minimum atomic E-state index is -1.95. The summed E-state index contributed by atoms with van der Waals surface area (Å²) >= 11 is 20.8. The van der Waals surface area contributed by atoms with Crippen molar-refractivity contribution in [3.05, 3.63) is 70.3 Å². The Morgan fingerprint density at radius 1 is 0.975 bits per heavy atom. The van der Waals surface area contributed by atoms with Gasteiger partial charge in [0.2, 0.25) is 11.8 Å². The van der Waals surface area contributed by atoms with Gasteiger partial charge in [0.05, 0.1) is 17.5 Å². The number of alkyl halides is 2. The summed E-state index contributed by atoms with van der Waals surface area (Å²) in [5.41, 5.74) is 1.76. The zero-order valence-corrected chi connectivity index (χ0v) is 23.6. The number of nitrogens with zero attached hydrogens (tertiary/aromatic N) is 2. The number of phenols is 1. The average Bonchev–Trinajstić information content (AvgIpc) is 3.24.